The van der Waals surface area contributed by atoms with Crippen molar-refractivity contribution in [1.29, 1.82) is 0 Å². The van der Waals surface area contributed by atoms with E-state index in [0.717, 1.165) is 37.4 Å². The van der Waals surface area contributed by atoms with Gasteiger partial charge < -0.3 is 20.0 Å². The van der Waals surface area contributed by atoms with Crippen molar-refractivity contribution in [3.05, 3.63) is 0 Å². The molecule has 1 aliphatic carbocycles. The maximum atomic E-state index is 4.89. The van der Waals surface area contributed by atoms with Crippen LogP contribution in [0.25, 0.3) is 0 Å². The molecule has 1 aliphatic heterocycles. The monoisotopic (exact) mass is 493 g/mol. The average molecular weight is 494 g/mol. The van der Waals surface area contributed by atoms with Crippen molar-refractivity contribution in [2.24, 2.45) is 16.8 Å². The maximum Gasteiger partial charge on any atom is 0.193 e. The number of nitrogens with one attached hydrogen (secondary N) is 1. The van der Waals surface area contributed by atoms with Crippen LogP contribution in [0.4, 0.5) is 0 Å². The summed E-state index contributed by atoms with van der Waals surface area (Å²) in [4.78, 5) is 12.3. The molecular formula is C21H44IN5. The Morgan fingerprint density at radius 1 is 1.07 bits per heavy atom. The molecule has 2 fully saturated rings. The number of likely N-dealkylation sites (N-methyl/N-ethyl adjacent to an activating group) is 1. The summed E-state index contributed by atoms with van der Waals surface area (Å²) >= 11 is 0. The van der Waals surface area contributed by atoms with Crippen molar-refractivity contribution in [2.75, 3.05) is 66.5 Å². The minimum Gasteiger partial charge on any atom is -0.357 e. The molecule has 160 valence electrons. The van der Waals surface area contributed by atoms with Crippen LogP contribution in [0.2, 0.25) is 0 Å². The number of guanidine groups is 1. The fraction of sp³-hybridized carbons (Fsp3) is 0.952. The SMILES string of the molecule is CCNC(=NCCCCN1CCN(C)CC1)N(C)CC1CCC(C)CC1.I. The third-order valence-electron chi connectivity index (χ3n) is 6.10. The second kappa shape index (κ2) is 14.0. The van der Waals surface area contributed by atoms with Crippen LogP contribution < -0.4 is 5.32 Å². The van der Waals surface area contributed by atoms with Gasteiger partial charge in [-0.2, -0.15) is 0 Å². The normalized spacial score (nSPS) is 25.1. The number of aliphatic imine (C=N–C) groups is 1. The zero-order valence-electron chi connectivity index (χ0n) is 18.3. The van der Waals surface area contributed by atoms with E-state index in [-0.39, 0.29) is 24.0 Å². The number of nitrogens with zero attached hydrogens (tertiary/aromatic N) is 4. The van der Waals surface area contributed by atoms with Crippen molar-refractivity contribution >= 4 is 29.9 Å². The molecule has 1 saturated heterocycles. The molecule has 0 unspecified atom stereocenters. The summed E-state index contributed by atoms with van der Waals surface area (Å²) < 4.78 is 0. The van der Waals surface area contributed by atoms with Crippen LogP contribution in [0.1, 0.15) is 52.4 Å². The quantitative estimate of drug-likeness (QED) is 0.244. The standard InChI is InChI=1S/C21H43N5.HI/c1-5-22-21(25(4)18-20-10-8-19(2)9-11-20)23-12-6-7-13-26-16-14-24(3)15-17-26;/h19-20H,5-18H2,1-4H3,(H,22,23);1H. The van der Waals surface area contributed by atoms with E-state index in [1.54, 1.807) is 0 Å². The fourth-order valence-electron chi connectivity index (χ4n) is 4.16. The van der Waals surface area contributed by atoms with Gasteiger partial charge >= 0.3 is 0 Å². The summed E-state index contributed by atoms with van der Waals surface area (Å²) in [5.74, 6) is 2.88. The molecule has 0 aromatic heterocycles. The molecule has 0 amide bonds. The zero-order valence-corrected chi connectivity index (χ0v) is 20.6. The van der Waals surface area contributed by atoms with Gasteiger partial charge in [-0.3, -0.25) is 4.99 Å². The van der Waals surface area contributed by atoms with Gasteiger partial charge in [0, 0.05) is 52.9 Å². The molecule has 2 rings (SSSR count). The molecule has 27 heavy (non-hydrogen) atoms. The number of halogens is 1. The lowest BCUT2D eigenvalue weighted by Crippen LogP contribution is -2.44. The number of rotatable bonds is 8. The molecule has 1 saturated carbocycles. The Labute approximate surface area is 185 Å². The molecule has 1 N–H and O–H groups in total. The van der Waals surface area contributed by atoms with E-state index >= 15 is 0 Å². The summed E-state index contributed by atoms with van der Waals surface area (Å²) in [6, 6.07) is 0. The average Bonchev–Trinajstić information content (AvgIpc) is 2.64. The van der Waals surface area contributed by atoms with Gasteiger partial charge in [0.05, 0.1) is 0 Å². The van der Waals surface area contributed by atoms with Gasteiger partial charge in [-0.25, -0.2) is 0 Å². The largest absolute Gasteiger partial charge is 0.357 e. The topological polar surface area (TPSA) is 34.1 Å². The van der Waals surface area contributed by atoms with E-state index in [9.17, 15) is 0 Å². The lowest BCUT2D eigenvalue weighted by molar-refractivity contribution is 0.152. The first-order valence-electron chi connectivity index (χ1n) is 11.0. The van der Waals surface area contributed by atoms with E-state index in [1.807, 2.05) is 0 Å². The highest BCUT2D eigenvalue weighted by Crippen LogP contribution is 2.28. The summed E-state index contributed by atoms with van der Waals surface area (Å²) in [5, 5.41) is 3.49. The van der Waals surface area contributed by atoms with Gasteiger partial charge in [-0.1, -0.05) is 19.8 Å². The first kappa shape index (κ1) is 25.0. The van der Waals surface area contributed by atoms with Crippen molar-refractivity contribution in [3.63, 3.8) is 0 Å². The fourth-order valence-corrected chi connectivity index (χ4v) is 4.16. The highest BCUT2D eigenvalue weighted by atomic mass is 127. The van der Waals surface area contributed by atoms with Crippen LogP contribution in [-0.4, -0.2) is 87.1 Å². The Kier molecular flexibility index (Phi) is 12.9. The molecule has 6 heteroatoms. The summed E-state index contributed by atoms with van der Waals surface area (Å²) in [6.45, 7) is 13.7. The Balaban J connectivity index is 0.00000364. The summed E-state index contributed by atoms with van der Waals surface area (Å²) in [6.07, 6.45) is 8.02. The minimum atomic E-state index is 0. The van der Waals surface area contributed by atoms with E-state index in [0.29, 0.717) is 0 Å². The molecule has 1 heterocycles. The number of hydrogen-bond donors (Lipinski definition) is 1. The van der Waals surface area contributed by atoms with E-state index < -0.39 is 0 Å². The third-order valence-corrected chi connectivity index (χ3v) is 6.10. The highest BCUT2D eigenvalue weighted by molar-refractivity contribution is 14.0. The second-order valence-corrected chi connectivity index (χ2v) is 8.59. The van der Waals surface area contributed by atoms with Gasteiger partial charge in [0.25, 0.3) is 0 Å². The summed E-state index contributed by atoms with van der Waals surface area (Å²) in [7, 11) is 4.43. The predicted molar refractivity (Wildman–Crippen MR) is 128 cm³/mol. The van der Waals surface area contributed by atoms with Crippen molar-refractivity contribution < 1.29 is 0 Å². The Morgan fingerprint density at radius 2 is 1.74 bits per heavy atom. The van der Waals surface area contributed by atoms with Gasteiger partial charge in [0.15, 0.2) is 5.96 Å². The third kappa shape index (κ3) is 9.79. The van der Waals surface area contributed by atoms with Crippen LogP contribution in [0.5, 0.6) is 0 Å². The van der Waals surface area contributed by atoms with Crippen LogP contribution in [-0.2, 0) is 0 Å². The molecule has 5 nitrogen and oxygen atoms in total. The van der Waals surface area contributed by atoms with Gasteiger partial charge in [0.2, 0.25) is 0 Å². The van der Waals surface area contributed by atoms with Crippen LogP contribution >= 0.6 is 24.0 Å². The van der Waals surface area contributed by atoms with Crippen LogP contribution in [0.3, 0.4) is 0 Å². The first-order valence-corrected chi connectivity index (χ1v) is 11.0. The van der Waals surface area contributed by atoms with Crippen molar-refractivity contribution in [1.82, 2.24) is 20.0 Å². The Bertz CT molecular complexity index is 401. The van der Waals surface area contributed by atoms with E-state index in [1.165, 1.54) is 71.2 Å². The van der Waals surface area contributed by atoms with Crippen molar-refractivity contribution in [3.8, 4) is 0 Å². The zero-order chi connectivity index (χ0) is 18.8. The number of unbranched alkanes of at least 4 members (excludes halogenated alkanes) is 1. The van der Waals surface area contributed by atoms with Crippen molar-refractivity contribution in [2.45, 2.75) is 52.4 Å². The predicted octanol–water partition coefficient (Wildman–Crippen LogP) is 3.36. The number of piperazine rings is 1. The molecule has 0 aromatic carbocycles. The molecule has 0 atom stereocenters. The smallest absolute Gasteiger partial charge is 0.193 e. The molecule has 0 aromatic rings. The van der Waals surface area contributed by atoms with Gasteiger partial charge in [-0.15, -0.1) is 24.0 Å². The van der Waals surface area contributed by atoms with Gasteiger partial charge in [0.1, 0.15) is 0 Å². The molecule has 0 bridgehead atoms. The van der Waals surface area contributed by atoms with E-state index in [2.05, 4.69) is 48.0 Å². The van der Waals surface area contributed by atoms with E-state index in [4.69, 9.17) is 4.99 Å². The number of hydrogen-bond acceptors (Lipinski definition) is 3. The summed E-state index contributed by atoms with van der Waals surface area (Å²) in [5.41, 5.74) is 0. The first-order chi connectivity index (χ1) is 12.6. The van der Waals surface area contributed by atoms with Gasteiger partial charge in [-0.05, 0) is 58.0 Å². The molecular weight excluding hydrogens is 449 g/mol. The lowest BCUT2D eigenvalue weighted by Gasteiger charge is -2.32. The van der Waals surface area contributed by atoms with Crippen LogP contribution in [0, 0.1) is 11.8 Å². The highest BCUT2D eigenvalue weighted by Gasteiger charge is 2.20. The van der Waals surface area contributed by atoms with Crippen LogP contribution in [0.15, 0.2) is 4.99 Å². The minimum absolute atomic E-state index is 0. The second-order valence-electron chi connectivity index (χ2n) is 8.59. The maximum absolute atomic E-state index is 4.89. The molecule has 0 spiro atoms. The molecule has 2 aliphatic rings. The lowest BCUT2D eigenvalue weighted by atomic mass is 9.83. The molecule has 0 radical (unpaired) electrons. The Hall–Kier alpha value is -0.0800. The Morgan fingerprint density at radius 3 is 2.37 bits per heavy atom.